The molecule has 1 fully saturated rings. The standard InChI is InChI=1S/C17H25NO2/c1-5-6-16(20-17(2,3)4)18-11-14(12-18)13-7-9-15(19)10-8-13/h6-10,14,19H,5,11-12H2,1-4H3/b16-6+. The fourth-order valence-corrected chi connectivity index (χ4v) is 2.34. The molecular formula is C17H25NO2. The van der Waals surface area contributed by atoms with Crippen molar-refractivity contribution in [1.29, 1.82) is 0 Å². The first-order chi connectivity index (χ1) is 9.39. The van der Waals surface area contributed by atoms with Crippen molar-refractivity contribution < 1.29 is 9.84 Å². The minimum Gasteiger partial charge on any atom is -0.508 e. The molecule has 0 bridgehead atoms. The van der Waals surface area contributed by atoms with Crippen molar-refractivity contribution in [3.05, 3.63) is 41.8 Å². The van der Waals surface area contributed by atoms with Crippen molar-refractivity contribution in [3.8, 4) is 5.75 Å². The molecule has 0 unspecified atom stereocenters. The molecule has 0 aromatic heterocycles. The van der Waals surface area contributed by atoms with E-state index in [1.54, 1.807) is 12.1 Å². The molecule has 1 N–H and O–H groups in total. The van der Waals surface area contributed by atoms with Crippen LogP contribution in [0, 0.1) is 0 Å². The number of phenols is 1. The first kappa shape index (κ1) is 14.8. The van der Waals surface area contributed by atoms with Crippen LogP contribution in [0.4, 0.5) is 0 Å². The van der Waals surface area contributed by atoms with Crippen LogP contribution in [0.5, 0.6) is 5.75 Å². The summed E-state index contributed by atoms with van der Waals surface area (Å²) < 4.78 is 6.03. The van der Waals surface area contributed by atoms with Gasteiger partial charge in [-0.3, -0.25) is 0 Å². The SMILES string of the molecule is CC/C=C(/OC(C)(C)C)N1CC(c2ccc(O)cc2)C1. The van der Waals surface area contributed by atoms with Gasteiger partial charge in [-0.15, -0.1) is 0 Å². The van der Waals surface area contributed by atoms with Crippen molar-refractivity contribution in [1.82, 2.24) is 4.90 Å². The zero-order chi connectivity index (χ0) is 14.8. The molecule has 1 aromatic rings. The summed E-state index contributed by atoms with van der Waals surface area (Å²) in [7, 11) is 0. The quantitative estimate of drug-likeness (QED) is 0.847. The summed E-state index contributed by atoms with van der Waals surface area (Å²) in [5, 5.41) is 9.33. The monoisotopic (exact) mass is 275 g/mol. The number of aromatic hydroxyl groups is 1. The van der Waals surface area contributed by atoms with E-state index < -0.39 is 0 Å². The highest BCUT2D eigenvalue weighted by molar-refractivity contribution is 5.30. The largest absolute Gasteiger partial charge is 0.508 e. The van der Waals surface area contributed by atoms with Gasteiger partial charge in [0.2, 0.25) is 0 Å². The zero-order valence-corrected chi connectivity index (χ0v) is 12.9. The number of allylic oxidation sites excluding steroid dienone is 1. The predicted octanol–water partition coefficient (Wildman–Crippen LogP) is 3.86. The number of nitrogens with zero attached hydrogens (tertiary/aromatic N) is 1. The summed E-state index contributed by atoms with van der Waals surface area (Å²) in [5.74, 6) is 1.85. The van der Waals surface area contributed by atoms with Gasteiger partial charge in [-0.1, -0.05) is 19.1 Å². The summed E-state index contributed by atoms with van der Waals surface area (Å²) in [5.41, 5.74) is 1.12. The molecule has 1 aliphatic heterocycles. The van der Waals surface area contributed by atoms with Gasteiger partial charge in [-0.25, -0.2) is 0 Å². The van der Waals surface area contributed by atoms with Gasteiger partial charge < -0.3 is 14.7 Å². The van der Waals surface area contributed by atoms with Gasteiger partial charge in [-0.05, 0) is 51.0 Å². The Hall–Kier alpha value is -1.64. The Kier molecular flexibility index (Phi) is 4.26. The molecule has 1 aliphatic rings. The Morgan fingerprint density at radius 3 is 2.40 bits per heavy atom. The van der Waals surface area contributed by atoms with Crippen molar-refractivity contribution >= 4 is 0 Å². The van der Waals surface area contributed by atoms with E-state index in [1.807, 2.05) is 12.1 Å². The molecule has 110 valence electrons. The lowest BCUT2D eigenvalue weighted by molar-refractivity contribution is -0.0209. The molecule has 3 nitrogen and oxygen atoms in total. The Labute approximate surface area is 121 Å². The average Bonchev–Trinajstić information content (AvgIpc) is 2.28. The molecule has 1 heterocycles. The number of ether oxygens (including phenoxy) is 1. The van der Waals surface area contributed by atoms with E-state index in [9.17, 15) is 5.11 Å². The summed E-state index contributed by atoms with van der Waals surface area (Å²) in [6, 6.07) is 7.52. The minimum atomic E-state index is -0.162. The Morgan fingerprint density at radius 2 is 1.90 bits per heavy atom. The molecule has 1 saturated heterocycles. The van der Waals surface area contributed by atoms with Crippen molar-refractivity contribution in [3.63, 3.8) is 0 Å². The molecular weight excluding hydrogens is 250 g/mol. The van der Waals surface area contributed by atoms with E-state index in [1.165, 1.54) is 5.56 Å². The molecule has 0 amide bonds. The lowest BCUT2D eigenvalue weighted by Crippen LogP contribution is -2.45. The maximum absolute atomic E-state index is 9.33. The molecule has 0 aliphatic carbocycles. The molecule has 0 radical (unpaired) electrons. The Bertz CT molecular complexity index is 465. The van der Waals surface area contributed by atoms with Gasteiger partial charge in [0.15, 0.2) is 5.88 Å². The minimum absolute atomic E-state index is 0.162. The van der Waals surface area contributed by atoms with E-state index in [4.69, 9.17) is 4.74 Å². The molecule has 0 spiro atoms. The fraction of sp³-hybridized carbons (Fsp3) is 0.529. The van der Waals surface area contributed by atoms with Crippen molar-refractivity contribution in [2.75, 3.05) is 13.1 Å². The topological polar surface area (TPSA) is 32.7 Å². The van der Waals surface area contributed by atoms with Crippen LogP contribution in [0.3, 0.4) is 0 Å². The lowest BCUT2D eigenvalue weighted by atomic mass is 9.91. The third-order valence-electron chi connectivity index (χ3n) is 3.35. The first-order valence-electron chi connectivity index (χ1n) is 7.32. The van der Waals surface area contributed by atoms with E-state index in [2.05, 4.69) is 38.7 Å². The van der Waals surface area contributed by atoms with Crippen molar-refractivity contribution in [2.45, 2.75) is 45.6 Å². The van der Waals surface area contributed by atoms with Crippen molar-refractivity contribution in [2.24, 2.45) is 0 Å². The van der Waals surface area contributed by atoms with Gasteiger partial charge in [0, 0.05) is 19.0 Å². The fourth-order valence-electron chi connectivity index (χ4n) is 2.34. The van der Waals surface area contributed by atoms with Gasteiger partial charge in [0.05, 0.1) is 0 Å². The average molecular weight is 275 g/mol. The normalized spacial score (nSPS) is 17.0. The Balaban J connectivity index is 1.96. The second kappa shape index (κ2) is 5.78. The zero-order valence-electron chi connectivity index (χ0n) is 12.9. The van der Waals surface area contributed by atoms with E-state index in [-0.39, 0.29) is 5.60 Å². The number of benzene rings is 1. The molecule has 3 heteroatoms. The molecule has 0 saturated carbocycles. The highest BCUT2D eigenvalue weighted by Crippen LogP contribution is 2.32. The summed E-state index contributed by atoms with van der Waals surface area (Å²) >= 11 is 0. The smallest absolute Gasteiger partial charge is 0.185 e. The van der Waals surface area contributed by atoms with Crippen LogP contribution < -0.4 is 0 Å². The maximum Gasteiger partial charge on any atom is 0.185 e. The van der Waals surface area contributed by atoms with E-state index in [0.717, 1.165) is 25.4 Å². The number of hydrogen-bond donors (Lipinski definition) is 1. The maximum atomic E-state index is 9.33. The highest BCUT2D eigenvalue weighted by Gasteiger charge is 2.31. The number of rotatable bonds is 4. The first-order valence-corrected chi connectivity index (χ1v) is 7.32. The van der Waals surface area contributed by atoms with Gasteiger partial charge in [-0.2, -0.15) is 0 Å². The van der Waals surface area contributed by atoms with E-state index in [0.29, 0.717) is 11.7 Å². The summed E-state index contributed by atoms with van der Waals surface area (Å²) in [6.07, 6.45) is 3.13. The van der Waals surface area contributed by atoms with E-state index >= 15 is 0 Å². The summed E-state index contributed by atoms with van der Waals surface area (Å²) in [6.45, 7) is 10.3. The van der Waals surface area contributed by atoms with Gasteiger partial charge in [0.1, 0.15) is 11.4 Å². The van der Waals surface area contributed by atoms with Crippen LogP contribution in [0.25, 0.3) is 0 Å². The van der Waals surface area contributed by atoms with Crippen LogP contribution in [-0.4, -0.2) is 28.7 Å². The number of phenolic OH excluding ortho intramolecular Hbond substituents is 1. The van der Waals surface area contributed by atoms with Crippen LogP contribution >= 0.6 is 0 Å². The highest BCUT2D eigenvalue weighted by atomic mass is 16.5. The predicted molar refractivity (Wildman–Crippen MR) is 81.6 cm³/mol. The van der Waals surface area contributed by atoms with Gasteiger partial charge >= 0.3 is 0 Å². The molecule has 2 rings (SSSR count). The molecule has 0 atom stereocenters. The van der Waals surface area contributed by atoms with Gasteiger partial charge in [0.25, 0.3) is 0 Å². The Morgan fingerprint density at radius 1 is 1.30 bits per heavy atom. The third-order valence-corrected chi connectivity index (χ3v) is 3.35. The second-order valence-electron chi connectivity index (χ2n) is 6.36. The lowest BCUT2D eigenvalue weighted by Gasteiger charge is -2.43. The molecule has 1 aromatic carbocycles. The summed E-state index contributed by atoms with van der Waals surface area (Å²) in [4.78, 5) is 2.28. The molecule has 20 heavy (non-hydrogen) atoms. The third kappa shape index (κ3) is 3.69. The van der Waals surface area contributed by atoms with Crippen LogP contribution in [0.15, 0.2) is 36.2 Å². The van der Waals surface area contributed by atoms with Crippen LogP contribution in [-0.2, 0) is 4.74 Å². The van der Waals surface area contributed by atoms with Crippen LogP contribution in [0.2, 0.25) is 0 Å². The number of likely N-dealkylation sites (tertiary alicyclic amines) is 1. The van der Waals surface area contributed by atoms with Crippen LogP contribution in [0.1, 0.15) is 45.6 Å². The number of hydrogen-bond acceptors (Lipinski definition) is 3. The second-order valence-corrected chi connectivity index (χ2v) is 6.36.